The predicted octanol–water partition coefficient (Wildman–Crippen LogP) is 4.63. The minimum atomic E-state index is -0.251. The van der Waals surface area contributed by atoms with Gasteiger partial charge in [0.1, 0.15) is 17.2 Å². The minimum Gasteiger partial charge on any atom is -0.325 e. The quantitative estimate of drug-likeness (QED) is 0.528. The van der Waals surface area contributed by atoms with Crippen molar-refractivity contribution >= 4 is 33.1 Å². The van der Waals surface area contributed by atoms with Crippen molar-refractivity contribution in [2.45, 2.75) is 26.8 Å². The summed E-state index contributed by atoms with van der Waals surface area (Å²) in [7, 11) is 0. The zero-order valence-corrected chi connectivity index (χ0v) is 17.1. The molecule has 0 radical (unpaired) electrons. The van der Waals surface area contributed by atoms with Gasteiger partial charge in [-0.05, 0) is 42.7 Å². The lowest BCUT2D eigenvalue weighted by Crippen LogP contribution is -2.29. The smallest absolute Gasteiger partial charge is 0.262 e. The summed E-state index contributed by atoms with van der Waals surface area (Å²) in [6, 6.07) is 19.5. The van der Waals surface area contributed by atoms with Gasteiger partial charge in [0.25, 0.3) is 5.56 Å². The fourth-order valence-corrected chi connectivity index (χ4v) is 4.29. The highest BCUT2D eigenvalue weighted by Gasteiger charge is 2.15. The van der Waals surface area contributed by atoms with Gasteiger partial charge in [-0.25, -0.2) is 4.98 Å². The molecule has 0 aliphatic heterocycles. The van der Waals surface area contributed by atoms with Crippen LogP contribution in [-0.4, -0.2) is 15.5 Å². The van der Waals surface area contributed by atoms with Crippen molar-refractivity contribution in [3.05, 3.63) is 82.4 Å². The number of carbonyl (C=O) groups is 1. The highest BCUT2D eigenvalue weighted by atomic mass is 32.1. The van der Waals surface area contributed by atoms with E-state index in [1.807, 2.05) is 60.7 Å². The normalized spacial score (nSPS) is 11.0. The third kappa shape index (κ3) is 3.98. The molecule has 0 saturated heterocycles. The lowest BCUT2D eigenvalue weighted by Gasteiger charge is -2.10. The molecule has 0 unspecified atom stereocenters. The fraction of sp³-hybridized carbons (Fsp3) is 0.174. The van der Waals surface area contributed by atoms with E-state index in [0.29, 0.717) is 21.7 Å². The molecule has 0 atom stereocenters. The van der Waals surface area contributed by atoms with Crippen LogP contribution in [0.4, 0.5) is 5.69 Å². The summed E-state index contributed by atoms with van der Waals surface area (Å²) in [5.74, 6) is 0.277. The molecule has 29 heavy (non-hydrogen) atoms. The largest absolute Gasteiger partial charge is 0.325 e. The van der Waals surface area contributed by atoms with E-state index in [4.69, 9.17) is 0 Å². The SMILES string of the molecule is CCc1ccc(NC(=O)Cn2c(C)nc3sc(-c4ccccc4)cc3c2=O)cc1. The Hall–Kier alpha value is -3.25. The Labute approximate surface area is 172 Å². The Kier molecular flexibility index (Phi) is 5.27. The van der Waals surface area contributed by atoms with Crippen LogP contribution in [0.3, 0.4) is 0 Å². The summed E-state index contributed by atoms with van der Waals surface area (Å²) < 4.78 is 1.43. The van der Waals surface area contributed by atoms with Gasteiger partial charge < -0.3 is 5.32 Å². The summed E-state index contributed by atoms with van der Waals surface area (Å²) in [6.45, 7) is 3.77. The first kappa shape index (κ1) is 19.1. The Morgan fingerprint density at radius 2 is 1.83 bits per heavy atom. The summed E-state index contributed by atoms with van der Waals surface area (Å²) in [4.78, 5) is 31.8. The first-order valence-electron chi connectivity index (χ1n) is 9.50. The lowest BCUT2D eigenvalue weighted by molar-refractivity contribution is -0.116. The number of thiophene rings is 1. The number of benzene rings is 2. The second-order valence-electron chi connectivity index (χ2n) is 6.84. The Morgan fingerprint density at radius 3 is 2.52 bits per heavy atom. The number of nitrogens with one attached hydrogen (secondary N) is 1. The van der Waals surface area contributed by atoms with Crippen LogP contribution in [0.15, 0.2) is 65.5 Å². The molecule has 0 fully saturated rings. The van der Waals surface area contributed by atoms with Gasteiger partial charge in [0.2, 0.25) is 5.91 Å². The number of fused-ring (bicyclic) bond motifs is 1. The molecule has 4 aromatic rings. The Balaban J connectivity index is 1.61. The maximum Gasteiger partial charge on any atom is 0.262 e. The molecule has 0 spiro atoms. The Bertz CT molecular complexity index is 1220. The second-order valence-corrected chi connectivity index (χ2v) is 7.88. The van der Waals surface area contributed by atoms with Gasteiger partial charge in [0.05, 0.1) is 5.39 Å². The molecule has 6 heteroatoms. The van der Waals surface area contributed by atoms with Gasteiger partial charge in [-0.2, -0.15) is 0 Å². The topological polar surface area (TPSA) is 64.0 Å². The number of hydrogen-bond donors (Lipinski definition) is 1. The van der Waals surface area contributed by atoms with Gasteiger partial charge in [-0.1, -0.05) is 49.4 Å². The van der Waals surface area contributed by atoms with Crippen LogP contribution in [0.25, 0.3) is 20.7 Å². The highest BCUT2D eigenvalue weighted by Crippen LogP contribution is 2.30. The van der Waals surface area contributed by atoms with Crippen molar-refractivity contribution in [1.29, 1.82) is 0 Å². The van der Waals surface area contributed by atoms with Crippen LogP contribution >= 0.6 is 11.3 Å². The molecule has 0 aliphatic rings. The van der Waals surface area contributed by atoms with E-state index < -0.39 is 0 Å². The molecule has 1 amide bonds. The molecule has 1 N–H and O–H groups in total. The van der Waals surface area contributed by atoms with Crippen molar-refractivity contribution in [2.75, 3.05) is 5.32 Å². The van der Waals surface area contributed by atoms with Crippen LogP contribution < -0.4 is 10.9 Å². The highest BCUT2D eigenvalue weighted by molar-refractivity contribution is 7.21. The van der Waals surface area contributed by atoms with E-state index in [0.717, 1.165) is 16.9 Å². The Morgan fingerprint density at radius 1 is 1.10 bits per heavy atom. The average molecular weight is 404 g/mol. The maximum absolute atomic E-state index is 13.0. The number of aromatic nitrogens is 2. The van der Waals surface area contributed by atoms with E-state index in [1.54, 1.807) is 6.92 Å². The van der Waals surface area contributed by atoms with E-state index in [2.05, 4.69) is 17.2 Å². The van der Waals surface area contributed by atoms with Gasteiger partial charge >= 0.3 is 0 Å². The van der Waals surface area contributed by atoms with Crippen LogP contribution in [0.2, 0.25) is 0 Å². The van der Waals surface area contributed by atoms with E-state index >= 15 is 0 Å². The number of nitrogens with zero attached hydrogens (tertiary/aromatic N) is 2. The first-order chi connectivity index (χ1) is 14.0. The van der Waals surface area contributed by atoms with Crippen LogP contribution in [0.5, 0.6) is 0 Å². The zero-order chi connectivity index (χ0) is 20.4. The molecule has 2 heterocycles. The number of aryl methyl sites for hydroxylation is 2. The van der Waals surface area contributed by atoms with E-state index in [9.17, 15) is 9.59 Å². The number of anilines is 1. The van der Waals surface area contributed by atoms with Crippen molar-refractivity contribution < 1.29 is 4.79 Å². The minimum absolute atomic E-state index is 0.0698. The van der Waals surface area contributed by atoms with Crippen molar-refractivity contribution in [1.82, 2.24) is 9.55 Å². The van der Waals surface area contributed by atoms with Gasteiger partial charge in [-0.15, -0.1) is 11.3 Å². The zero-order valence-electron chi connectivity index (χ0n) is 16.3. The molecule has 0 bridgehead atoms. The summed E-state index contributed by atoms with van der Waals surface area (Å²) in [5.41, 5.74) is 2.78. The maximum atomic E-state index is 13.0. The summed E-state index contributed by atoms with van der Waals surface area (Å²) in [6.07, 6.45) is 0.945. The van der Waals surface area contributed by atoms with Gasteiger partial charge in [0, 0.05) is 10.6 Å². The van der Waals surface area contributed by atoms with Crippen molar-refractivity contribution in [3.8, 4) is 10.4 Å². The summed E-state index contributed by atoms with van der Waals surface area (Å²) in [5, 5.41) is 3.39. The average Bonchev–Trinajstić information content (AvgIpc) is 3.16. The first-order valence-corrected chi connectivity index (χ1v) is 10.3. The van der Waals surface area contributed by atoms with E-state index in [-0.39, 0.29) is 18.0 Å². The van der Waals surface area contributed by atoms with Crippen LogP contribution in [-0.2, 0) is 17.8 Å². The molecular formula is C23H21N3O2S. The standard InChI is InChI=1S/C23H21N3O2S/c1-3-16-9-11-18(12-10-16)25-21(27)14-26-15(2)24-22-19(23(26)28)13-20(29-22)17-7-5-4-6-8-17/h4-13H,3,14H2,1-2H3,(H,25,27). The van der Waals surface area contributed by atoms with E-state index in [1.165, 1.54) is 21.5 Å². The van der Waals surface area contributed by atoms with Crippen LogP contribution in [0, 0.1) is 6.92 Å². The third-order valence-corrected chi connectivity index (χ3v) is 5.93. The lowest BCUT2D eigenvalue weighted by atomic mass is 10.1. The second kappa shape index (κ2) is 8.01. The number of amides is 1. The number of carbonyl (C=O) groups excluding carboxylic acids is 1. The molecule has 146 valence electrons. The fourth-order valence-electron chi connectivity index (χ4n) is 3.22. The molecule has 5 nitrogen and oxygen atoms in total. The predicted molar refractivity (Wildman–Crippen MR) is 119 cm³/mol. The van der Waals surface area contributed by atoms with Gasteiger partial charge in [0.15, 0.2) is 0 Å². The van der Waals surface area contributed by atoms with Crippen molar-refractivity contribution in [2.24, 2.45) is 0 Å². The molecule has 4 rings (SSSR count). The van der Waals surface area contributed by atoms with Crippen molar-refractivity contribution in [3.63, 3.8) is 0 Å². The molecule has 0 aliphatic carbocycles. The monoisotopic (exact) mass is 403 g/mol. The molecule has 0 saturated carbocycles. The number of rotatable bonds is 5. The number of hydrogen-bond acceptors (Lipinski definition) is 4. The van der Waals surface area contributed by atoms with Crippen LogP contribution in [0.1, 0.15) is 18.3 Å². The molecular weight excluding hydrogens is 382 g/mol. The molecule has 2 aromatic carbocycles. The third-order valence-electron chi connectivity index (χ3n) is 4.85. The molecule has 2 aromatic heterocycles. The van der Waals surface area contributed by atoms with Gasteiger partial charge in [-0.3, -0.25) is 14.2 Å². The summed E-state index contributed by atoms with van der Waals surface area (Å²) >= 11 is 1.49.